The Hall–Kier alpha value is -1.81. The molecule has 0 saturated carbocycles. The number of cyclic esters (lactones) is 1. The van der Waals surface area contributed by atoms with Crippen molar-refractivity contribution in [2.75, 3.05) is 6.61 Å². The smallest absolute Gasteiger partial charge is 0.412 e. The van der Waals surface area contributed by atoms with E-state index in [1.807, 2.05) is 30.3 Å². The molecule has 2 rings (SSSR count). The molecule has 0 spiro atoms. The Labute approximate surface area is 113 Å². The first-order valence-electron chi connectivity index (χ1n) is 6.50. The van der Waals surface area contributed by atoms with Gasteiger partial charge >= 0.3 is 6.09 Å². The quantitative estimate of drug-likeness (QED) is 0.800. The molecule has 0 unspecified atom stereocenters. The largest absolute Gasteiger partial charge is 0.447 e. The summed E-state index contributed by atoms with van der Waals surface area (Å²) < 4.78 is 5.05. The van der Waals surface area contributed by atoms with Crippen molar-refractivity contribution in [2.45, 2.75) is 31.5 Å². The molecule has 0 aliphatic carbocycles. The lowest BCUT2D eigenvalue weighted by atomic mass is 10.1. The molecule has 1 aliphatic heterocycles. The number of nitrogens with zero attached hydrogens (tertiary/aromatic N) is 1. The van der Waals surface area contributed by atoms with Gasteiger partial charge in [-0.2, -0.15) is 0 Å². The van der Waals surface area contributed by atoms with E-state index in [-0.39, 0.29) is 6.04 Å². The second-order valence-electron chi connectivity index (χ2n) is 4.67. The van der Waals surface area contributed by atoms with Gasteiger partial charge in [0.25, 0.3) is 0 Å². The van der Waals surface area contributed by atoms with Gasteiger partial charge in [0.2, 0.25) is 0 Å². The fourth-order valence-corrected chi connectivity index (χ4v) is 2.29. The molecule has 2 atom stereocenters. The lowest BCUT2D eigenvalue weighted by Crippen LogP contribution is -2.43. The van der Waals surface area contributed by atoms with Crippen LogP contribution in [0.15, 0.2) is 43.0 Å². The van der Waals surface area contributed by atoms with E-state index in [1.165, 1.54) is 4.90 Å². The van der Waals surface area contributed by atoms with Crippen molar-refractivity contribution >= 4 is 6.09 Å². The molecule has 4 heteroatoms. The molecule has 1 aliphatic rings. The Kier molecular flexibility index (Phi) is 4.58. The van der Waals surface area contributed by atoms with Gasteiger partial charge in [-0.15, -0.1) is 6.58 Å². The van der Waals surface area contributed by atoms with E-state index < -0.39 is 12.3 Å². The minimum atomic E-state index is -0.804. The summed E-state index contributed by atoms with van der Waals surface area (Å²) >= 11 is 0. The molecule has 0 bridgehead atoms. The maximum Gasteiger partial charge on any atom is 0.412 e. The number of benzene rings is 1. The number of aliphatic hydroxyl groups is 1. The monoisotopic (exact) mass is 261 g/mol. The maximum atomic E-state index is 11.7. The molecule has 1 saturated heterocycles. The average molecular weight is 261 g/mol. The van der Waals surface area contributed by atoms with Crippen LogP contribution in [-0.4, -0.2) is 35.0 Å². The van der Waals surface area contributed by atoms with Gasteiger partial charge in [-0.05, 0) is 24.8 Å². The molecule has 0 aromatic heterocycles. The zero-order valence-corrected chi connectivity index (χ0v) is 10.9. The third-order valence-corrected chi connectivity index (χ3v) is 3.27. The van der Waals surface area contributed by atoms with Gasteiger partial charge in [0.15, 0.2) is 0 Å². The molecule has 1 fully saturated rings. The van der Waals surface area contributed by atoms with Gasteiger partial charge in [0.1, 0.15) is 12.8 Å². The molecular formula is C15H19NO3. The second kappa shape index (κ2) is 6.38. The highest BCUT2D eigenvalue weighted by molar-refractivity contribution is 5.70. The predicted molar refractivity (Wildman–Crippen MR) is 72.6 cm³/mol. The molecular weight excluding hydrogens is 242 g/mol. The van der Waals surface area contributed by atoms with Gasteiger partial charge in [-0.25, -0.2) is 4.79 Å². The van der Waals surface area contributed by atoms with Crippen LogP contribution in [0.2, 0.25) is 0 Å². The zero-order chi connectivity index (χ0) is 13.7. The maximum absolute atomic E-state index is 11.7. The lowest BCUT2D eigenvalue weighted by molar-refractivity contribution is 0.0142. The summed E-state index contributed by atoms with van der Waals surface area (Å²) in [6.07, 6.45) is 2.35. The number of allylic oxidation sites excluding steroid dienone is 1. The topological polar surface area (TPSA) is 49.8 Å². The highest BCUT2D eigenvalue weighted by Gasteiger charge is 2.36. The molecule has 4 nitrogen and oxygen atoms in total. The van der Waals surface area contributed by atoms with Crippen molar-refractivity contribution < 1.29 is 14.6 Å². The van der Waals surface area contributed by atoms with E-state index >= 15 is 0 Å². The van der Waals surface area contributed by atoms with Crippen LogP contribution in [0.3, 0.4) is 0 Å². The van der Waals surface area contributed by atoms with Gasteiger partial charge in [0.05, 0.1) is 6.04 Å². The summed E-state index contributed by atoms with van der Waals surface area (Å²) in [7, 11) is 0. The SMILES string of the molecule is C=CCC[C@H](O)N1C(=O)OC[C@@H]1Cc1ccccc1. The fraction of sp³-hybridized carbons (Fsp3) is 0.400. The fourth-order valence-electron chi connectivity index (χ4n) is 2.29. The molecule has 1 N–H and O–H groups in total. The van der Waals surface area contributed by atoms with Crippen LogP contribution < -0.4 is 0 Å². The van der Waals surface area contributed by atoms with Gasteiger partial charge in [0, 0.05) is 0 Å². The minimum absolute atomic E-state index is 0.102. The number of rotatable bonds is 6. The first-order valence-corrected chi connectivity index (χ1v) is 6.50. The van der Waals surface area contributed by atoms with Crippen LogP contribution in [0.5, 0.6) is 0 Å². The van der Waals surface area contributed by atoms with Crippen molar-refractivity contribution in [3.63, 3.8) is 0 Å². The summed E-state index contributed by atoms with van der Waals surface area (Å²) in [5.74, 6) is 0. The summed E-state index contributed by atoms with van der Waals surface area (Å²) in [5.41, 5.74) is 1.13. The first kappa shape index (κ1) is 13.6. The number of amides is 1. The number of carbonyl (C=O) groups is 1. The Bertz CT molecular complexity index is 432. The zero-order valence-electron chi connectivity index (χ0n) is 10.9. The lowest BCUT2D eigenvalue weighted by Gasteiger charge is -2.26. The van der Waals surface area contributed by atoms with Crippen LogP contribution in [0.25, 0.3) is 0 Å². The van der Waals surface area contributed by atoms with E-state index in [1.54, 1.807) is 6.08 Å². The molecule has 1 aromatic rings. The highest BCUT2D eigenvalue weighted by atomic mass is 16.6. The molecule has 19 heavy (non-hydrogen) atoms. The molecule has 0 radical (unpaired) electrons. The third-order valence-electron chi connectivity index (χ3n) is 3.27. The van der Waals surface area contributed by atoms with E-state index in [0.29, 0.717) is 25.9 Å². The normalized spacial score (nSPS) is 20.2. The number of hydrogen-bond acceptors (Lipinski definition) is 3. The van der Waals surface area contributed by atoms with Crippen molar-refractivity contribution in [1.82, 2.24) is 4.90 Å². The van der Waals surface area contributed by atoms with Crippen LogP contribution in [-0.2, 0) is 11.2 Å². The Balaban J connectivity index is 2.02. The van der Waals surface area contributed by atoms with Gasteiger partial charge < -0.3 is 9.84 Å². The third kappa shape index (κ3) is 3.35. The van der Waals surface area contributed by atoms with E-state index in [4.69, 9.17) is 4.74 Å². The van der Waals surface area contributed by atoms with Crippen LogP contribution in [0.1, 0.15) is 18.4 Å². The van der Waals surface area contributed by atoms with Crippen molar-refractivity contribution in [3.05, 3.63) is 48.6 Å². The van der Waals surface area contributed by atoms with Crippen LogP contribution in [0, 0.1) is 0 Å². The molecule has 1 aromatic carbocycles. The number of carbonyl (C=O) groups excluding carboxylic acids is 1. The summed E-state index contributed by atoms with van der Waals surface area (Å²) in [4.78, 5) is 13.1. The summed E-state index contributed by atoms with van der Waals surface area (Å²) in [6, 6.07) is 9.80. The first-order chi connectivity index (χ1) is 9.22. The number of ether oxygens (including phenoxy) is 1. The Morgan fingerprint density at radius 2 is 2.21 bits per heavy atom. The molecule has 1 amide bonds. The number of hydrogen-bond donors (Lipinski definition) is 1. The van der Waals surface area contributed by atoms with Crippen molar-refractivity contribution in [1.29, 1.82) is 0 Å². The minimum Gasteiger partial charge on any atom is -0.447 e. The summed E-state index contributed by atoms with van der Waals surface area (Å²) in [6.45, 7) is 3.95. The van der Waals surface area contributed by atoms with E-state index in [2.05, 4.69) is 6.58 Å². The van der Waals surface area contributed by atoms with Crippen LogP contribution >= 0.6 is 0 Å². The summed E-state index contributed by atoms with van der Waals surface area (Å²) in [5, 5.41) is 10.1. The second-order valence-corrected chi connectivity index (χ2v) is 4.67. The van der Waals surface area contributed by atoms with Crippen molar-refractivity contribution in [2.24, 2.45) is 0 Å². The average Bonchev–Trinajstić information content (AvgIpc) is 2.78. The van der Waals surface area contributed by atoms with Crippen LogP contribution in [0.4, 0.5) is 4.79 Å². The van der Waals surface area contributed by atoms with E-state index in [0.717, 1.165) is 5.56 Å². The Morgan fingerprint density at radius 3 is 2.89 bits per heavy atom. The standard InChI is InChI=1S/C15H19NO3/c1-2-3-9-14(17)16-13(11-19-15(16)18)10-12-7-5-4-6-8-12/h2,4-8,13-14,17H,1,3,9-11H2/t13-,14-/m0/s1. The molecule has 102 valence electrons. The Morgan fingerprint density at radius 1 is 1.47 bits per heavy atom. The highest BCUT2D eigenvalue weighted by Crippen LogP contribution is 2.21. The predicted octanol–water partition coefficient (Wildman–Crippen LogP) is 2.33. The number of aliphatic hydroxyl groups excluding tert-OH is 1. The van der Waals surface area contributed by atoms with Crippen molar-refractivity contribution in [3.8, 4) is 0 Å². The van der Waals surface area contributed by atoms with Gasteiger partial charge in [-0.3, -0.25) is 4.90 Å². The van der Waals surface area contributed by atoms with E-state index in [9.17, 15) is 9.90 Å². The van der Waals surface area contributed by atoms with Gasteiger partial charge in [-0.1, -0.05) is 36.4 Å². The molecule has 1 heterocycles.